The van der Waals surface area contributed by atoms with Gasteiger partial charge in [-0.15, -0.1) is 5.10 Å². The van der Waals surface area contributed by atoms with E-state index >= 15 is 0 Å². The average Bonchev–Trinajstić information content (AvgIpc) is 2.95. The fourth-order valence-electron chi connectivity index (χ4n) is 2.23. The van der Waals surface area contributed by atoms with E-state index in [1.165, 1.54) is 10.6 Å². The summed E-state index contributed by atoms with van der Waals surface area (Å²) in [6, 6.07) is 8.63. The minimum atomic E-state index is -0.966. The van der Waals surface area contributed by atoms with Gasteiger partial charge in [0.1, 0.15) is 0 Å². The van der Waals surface area contributed by atoms with Crippen LogP contribution in [0.5, 0.6) is 0 Å². The van der Waals surface area contributed by atoms with Gasteiger partial charge < -0.3 is 5.32 Å². The molecule has 1 N–H and O–H groups in total. The van der Waals surface area contributed by atoms with Gasteiger partial charge in [0.15, 0.2) is 11.6 Å². The summed E-state index contributed by atoms with van der Waals surface area (Å²) in [7, 11) is 0. The SMILES string of the molecule is O=c1c2cc(Br)ccc2nc2sc(Nc3ccc(F)c(F)c3)nn12. The number of rotatable bonds is 2. The standard InChI is InChI=1S/C15H7BrF2N4OS/c16-7-1-4-12-9(5-7)13(23)22-15(20-12)24-14(21-22)19-8-2-3-10(17)11(18)6-8/h1-6H,(H,19,21). The number of aromatic nitrogens is 3. The van der Waals surface area contributed by atoms with Gasteiger partial charge in [-0.1, -0.05) is 27.3 Å². The number of nitrogens with zero attached hydrogens (tertiary/aromatic N) is 3. The van der Waals surface area contributed by atoms with Gasteiger partial charge in [0.05, 0.1) is 10.9 Å². The van der Waals surface area contributed by atoms with Gasteiger partial charge in [-0.3, -0.25) is 4.79 Å². The quantitative estimate of drug-likeness (QED) is 0.542. The first kappa shape index (κ1) is 15.2. The summed E-state index contributed by atoms with van der Waals surface area (Å²) in [4.78, 5) is 17.3. The summed E-state index contributed by atoms with van der Waals surface area (Å²) < 4.78 is 28.2. The van der Waals surface area contributed by atoms with Crippen molar-refractivity contribution in [2.45, 2.75) is 0 Å². The fourth-order valence-corrected chi connectivity index (χ4v) is 3.41. The van der Waals surface area contributed by atoms with Crippen molar-refractivity contribution in [2.24, 2.45) is 0 Å². The van der Waals surface area contributed by atoms with Crippen molar-refractivity contribution in [2.75, 3.05) is 5.32 Å². The van der Waals surface area contributed by atoms with Crippen molar-refractivity contribution >= 4 is 53.9 Å². The molecule has 2 heterocycles. The van der Waals surface area contributed by atoms with Crippen LogP contribution in [0.1, 0.15) is 0 Å². The average molecular weight is 409 g/mol. The second kappa shape index (κ2) is 5.60. The van der Waals surface area contributed by atoms with E-state index in [0.29, 0.717) is 26.7 Å². The lowest BCUT2D eigenvalue weighted by atomic mass is 10.2. The number of hydrogen-bond acceptors (Lipinski definition) is 5. The Morgan fingerprint density at radius 2 is 1.96 bits per heavy atom. The van der Waals surface area contributed by atoms with Gasteiger partial charge in [0.2, 0.25) is 10.1 Å². The number of halogens is 3. The Bertz CT molecular complexity index is 1160. The van der Waals surface area contributed by atoms with Gasteiger partial charge in [-0.2, -0.15) is 4.52 Å². The molecule has 0 spiro atoms. The summed E-state index contributed by atoms with van der Waals surface area (Å²) >= 11 is 4.46. The highest BCUT2D eigenvalue weighted by Gasteiger charge is 2.12. The van der Waals surface area contributed by atoms with Gasteiger partial charge in [-0.25, -0.2) is 13.8 Å². The highest BCUT2D eigenvalue weighted by atomic mass is 79.9. The number of nitrogens with one attached hydrogen (secondary N) is 1. The van der Waals surface area contributed by atoms with Crippen LogP contribution in [0.2, 0.25) is 0 Å². The maximum Gasteiger partial charge on any atom is 0.283 e. The zero-order valence-electron chi connectivity index (χ0n) is 11.8. The van der Waals surface area contributed by atoms with E-state index in [9.17, 15) is 13.6 Å². The molecule has 9 heteroatoms. The molecule has 2 aromatic carbocycles. The van der Waals surface area contributed by atoms with Gasteiger partial charge >= 0.3 is 0 Å². The van der Waals surface area contributed by atoms with Crippen LogP contribution >= 0.6 is 27.3 Å². The molecule has 0 radical (unpaired) electrons. The Morgan fingerprint density at radius 1 is 1.12 bits per heavy atom. The Labute approximate surface area is 145 Å². The molecule has 0 aliphatic rings. The van der Waals surface area contributed by atoms with Crippen molar-refractivity contribution in [3.8, 4) is 0 Å². The number of fused-ring (bicyclic) bond motifs is 2. The first-order valence-electron chi connectivity index (χ1n) is 6.72. The maximum atomic E-state index is 13.3. The van der Waals surface area contributed by atoms with Gasteiger partial charge in [0, 0.05) is 16.2 Å². The highest BCUT2D eigenvalue weighted by Crippen LogP contribution is 2.24. The zero-order valence-corrected chi connectivity index (χ0v) is 14.2. The largest absolute Gasteiger partial charge is 0.330 e. The van der Waals surface area contributed by atoms with Crippen LogP contribution in [0.4, 0.5) is 19.6 Å². The maximum absolute atomic E-state index is 13.3. The van der Waals surface area contributed by atoms with E-state index < -0.39 is 11.6 Å². The topological polar surface area (TPSA) is 59.3 Å². The van der Waals surface area contributed by atoms with Crippen molar-refractivity contribution in [1.29, 1.82) is 0 Å². The van der Waals surface area contributed by atoms with E-state index in [2.05, 4.69) is 31.3 Å². The summed E-state index contributed by atoms with van der Waals surface area (Å²) in [6.45, 7) is 0. The minimum absolute atomic E-state index is 0.300. The lowest BCUT2D eigenvalue weighted by molar-refractivity contribution is 0.509. The molecule has 0 amide bonds. The molecule has 0 saturated carbocycles. The molecular formula is C15H7BrF2N4OS. The van der Waals surface area contributed by atoms with E-state index in [-0.39, 0.29) is 5.56 Å². The molecule has 24 heavy (non-hydrogen) atoms. The van der Waals surface area contributed by atoms with Gasteiger partial charge in [-0.05, 0) is 30.3 Å². The van der Waals surface area contributed by atoms with Crippen molar-refractivity contribution in [3.63, 3.8) is 0 Å². The monoisotopic (exact) mass is 408 g/mol. The third kappa shape index (κ3) is 2.55. The number of hydrogen-bond donors (Lipinski definition) is 1. The summed E-state index contributed by atoms with van der Waals surface area (Å²) in [6.07, 6.45) is 0. The molecular weight excluding hydrogens is 402 g/mol. The minimum Gasteiger partial charge on any atom is -0.330 e. The third-order valence-electron chi connectivity index (χ3n) is 3.33. The zero-order chi connectivity index (χ0) is 16.8. The summed E-state index contributed by atoms with van der Waals surface area (Å²) in [5, 5.41) is 7.79. The van der Waals surface area contributed by atoms with Crippen LogP contribution in [-0.4, -0.2) is 14.6 Å². The molecule has 120 valence electrons. The molecule has 0 aliphatic heterocycles. The fraction of sp³-hybridized carbons (Fsp3) is 0. The second-order valence-corrected chi connectivity index (χ2v) is 6.81. The van der Waals surface area contributed by atoms with Gasteiger partial charge in [0.25, 0.3) is 5.56 Å². The van der Waals surface area contributed by atoms with Crippen molar-refractivity contribution in [3.05, 3.63) is 62.9 Å². The van der Waals surface area contributed by atoms with Crippen LogP contribution in [0, 0.1) is 11.6 Å². The predicted molar refractivity (Wildman–Crippen MR) is 92.0 cm³/mol. The lowest BCUT2D eigenvalue weighted by Crippen LogP contribution is -2.15. The van der Waals surface area contributed by atoms with Crippen molar-refractivity contribution in [1.82, 2.24) is 14.6 Å². The van der Waals surface area contributed by atoms with Crippen LogP contribution in [0.15, 0.2) is 45.7 Å². The smallest absolute Gasteiger partial charge is 0.283 e. The molecule has 0 fully saturated rings. The number of anilines is 2. The lowest BCUT2D eigenvalue weighted by Gasteiger charge is -2.01. The van der Waals surface area contributed by atoms with E-state index in [4.69, 9.17) is 0 Å². The van der Waals surface area contributed by atoms with E-state index in [1.807, 2.05) is 0 Å². The summed E-state index contributed by atoms with van der Waals surface area (Å²) in [5.41, 5.74) is 0.588. The number of benzene rings is 2. The molecule has 0 bridgehead atoms. The first-order valence-corrected chi connectivity index (χ1v) is 8.33. The Kier molecular flexibility index (Phi) is 3.54. The normalized spacial score (nSPS) is 11.3. The summed E-state index contributed by atoms with van der Waals surface area (Å²) in [5.74, 6) is -1.90. The molecule has 0 atom stereocenters. The molecule has 4 rings (SSSR count). The molecule has 0 aliphatic carbocycles. The van der Waals surface area contributed by atoms with Crippen molar-refractivity contribution < 1.29 is 8.78 Å². The van der Waals surface area contributed by atoms with Crippen LogP contribution in [0.3, 0.4) is 0 Å². The van der Waals surface area contributed by atoms with Crippen LogP contribution in [0.25, 0.3) is 15.9 Å². The predicted octanol–water partition coefficient (Wildman–Crippen LogP) is 4.09. The molecule has 5 nitrogen and oxygen atoms in total. The Balaban J connectivity index is 1.83. The first-order chi connectivity index (χ1) is 11.5. The van der Waals surface area contributed by atoms with E-state index in [1.54, 1.807) is 18.2 Å². The third-order valence-corrected chi connectivity index (χ3v) is 4.65. The van der Waals surface area contributed by atoms with E-state index in [0.717, 1.165) is 27.9 Å². The molecule has 0 saturated heterocycles. The van der Waals surface area contributed by atoms with Crippen LogP contribution < -0.4 is 10.9 Å². The second-order valence-electron chi connectivity index (χ2n) is 4.93. The van der Waals surface area contributed by atoms with Crippen LogP contribution in [-0.2, 0) is 0 Å². The molecule has 0 unspecified atom stereocenters. The molecule has 4 aromatic rings. The Hall–Kier alpha value is -2.39. The Morgan fingerprint density at radius 3 is 2.75 bits per heavy atom. The molecule has 2 aromatic heterocycles. The highest BCUT2D eigenvalue weighted by molar-refractivity contribution is 9.10.